The highest BCUT2D eigenvalue weighted by Gasteiger charge is 2.54. The number of thiophene rings is 1. The monoisotopic (exact) mass is 414 g/mol. The molecule has 1 aromatic carbocycles. The van der Waals surface area contributed by atoms with Gasteiger partial charge in [-0.25, -0.2) is 0 Å². The number of halogens is 3. The summed E-state index contributed by atoms with van der Waals surface area (Å²) in [5.74, 6) is -1.44. The zero-order valence-electron chi connectivity index (χ0n) is 15.4. The highest BCUT2D eigenvalue weighted by atomic mass is 32.1. The van der Waals surface area contributed by atoms with Crippen LogP contribution in [0.3, 0.4) is 0 Å². The van der Waals surface area contributed by atoms with Crippen LogP contribution in [0.1, 0.15) is 45.4 Å². The van der Waals surface area contributed by atoms with Gasteiger partial charge in [0.2, 0.25) is 5.79 Å². The minimum absolute atomic E-state index is 0.240. The van der Waals surface area contributed by atoms with Crippen molar-refractivity contribution in [2.75, 3.05) is 0 Å². The molecule has 1 aromatic heterocycles. The smallest absolute Gasteiger partial charge is 0.390 e. The molecule has 2 aliphatic rings. The van der Waals surface area contributed by atoms with E-state index in [-0.39, 0.29) is 12.7 Å². The maximum absolute atomic E-state index is 12.9. The predicted molar refractivity (Wildman–Crippen MR) is 97.0 cm³/mol. The molecule has 4 atom stereocenters. The first-order valence-electron chi connectivity index (χ1n) is 9.07. The molecule has 1 fully saturated rings. The third kappa shape index (κ3) is 3.27. The summed E-state index contributed by atoms with van der Waals surface area (Å²) in [5.41, 5.74) is 3.26. The highest BCUT2D eigenvalue weighted by Crippen LogP contribution is 2.46. The fourth-order valence-electron chi connectivity index (χ4n) is 4.00. The number of aliphatic hydroxyl groups excluding tert-OH is 2. The Balaban J connectivity index is 1.70. The summed E-state index contributed by atoms with van der Waals surface area (Å²) in [6.07, 6.45) is -6.23. The maximum Gasteiger partial charge on any atom is 0.425 e. The van der Waals surface area contributed by atoms with Gasteiger partial charge in [-0.1, -0.05) is 6.07 Å². The lowest BCUT2D eigenvalue weighted by atomic mass is 9.87. The lowest BCUT2D eigenvalue weighted by Gasteiger charge is -2.43. The first-order chi connectivity index (χ1) is 13.1. The molecule has 0 aliphatic carbocycles. The summed E-state index contributed by atoms with van der Waals surface area (Å²) in [6, 6.07) is 6.33. The molecule has 1 spiro atoms. The van der Waals surface area contributed by atoms with Gasteiger partial charge in [0.25, 0.3) is 0 Å². The van der Waals surface area contributed by atoms with E-state index >= 15 is 0 Å². The van der Waals surface area contributed by atoms with Crippen molar-refractivity contribution in [3.63, 3.8) is 0 Å². The molecule has 4 nitrogen and oxygen atoms in total. The molecule has 0 bridgehead atoms. The molecule has 0 amide bonds. The molecule has 3 heterocycles. The number of rotatable bonds is 2. The molecule has 0 radical (unpaired) electrons. The van der Waals surface area contributed by atoms with Gasteiger partial charge in [0.1, 0.15) is 11.0 Å². The number of benzene rings is 1. The number of hydrogen-bond donors (Lipinski definition) is 2. The molecule has 1 saturated heterocycles. The zero-order chi connectivity index (χ0) is 20.3. The average Bonchev–Trinajstić information content (AvgIpc) is 3.19. The van der Waals surface area contributed by atoms with Crippen LogP contribution in [-0.2, 0) is 34.5 Å². The SMILES string of the molecule is Cc1cc2c(cc1Cc1ccc(C(F)(F)F)s1)[C@]1(OC2)OC(C)CC(O)[C@H]1O. The van der Waals surface area contributed by atoms with Gasteiger partial charge in [-0.2, -0.15) is 13.2 Å². The normalized spacial score (nSPS) is 30.0. The Bertz CT molecular complexity index is 894. The summed E-state index contributed by atoms with van der Waals surface area (Å²) in [5, 5.41) is 20.8. The molecule has 2 unspecified atom stereocenters. The summed E-state index contributed by atoms with van der Waals surface area (Å²) >= 11 is 0.728. The second-order valence-electron chi connectivity index (χ2n) is 7.51. The van der Waals surface area contributed by atoms with Crippen LogP contribution in [0.15, 0.2) is 24.3 Å². The summed E-state index contributed by atoms with van der Waals surface area (Å²) in [4.78, 5) is -0.0223. The average molecular weight is 414 g/mol. The van der Waals surface area contributed by atoms with Crippen LogP contribution < -0.4 is 0 Å². The minimum Gasteiger partial charge on any atom is -0.390 e. The van der Waals surface area contributed by atoms with Gasteiger partial charge in [-0.05, 0) is 48.7 Å². The second-order valence-corrected chi connectivity index (χ2v) is 8.68. The number of fused-ring (bicyclic) bond motifs is 2. The van der Waals surface area contributed by atoms with Crippen LogP contribution in [0.2, 0.25) is 0 Å². The molecule has 2 N–H and O–H groups in total. The maximum atomic E-state index is 12.9. The quantitative estimate of drug-likeness (QED) is 0.783. The lowest BCUT2D eigenvalue weighted by molar-refractivity contribution is -0.342. The van der Waals surface area contributed by atoms with Crippen molar-refractivity contribution in [3.8, 4) is 0 Å². The van der Waals surface area contributed by atoms with Gasteiger partial charge in [0, 0.05) is 23.3 Å². The third-order valence-electron chi connectivity index (χ3n) is 5.39. The Hall–Kier alpha value is -1.45. The lowest BCUT2D eigenvalue weighted by Crippen LogP contribution is -2.55. The van der Waals surface area contributed by atoms with Crippen molar-refractivity contribution < 1.29 is 32.9 Å². The fraction of sp³-hybridized carbons (Fsp3) is 0.500. The molecule has 28 heavy (non-hydrogen) atoms. The van der Waals surface area contributed by atoms with Gasteiger partial charge in [-0.3, -0.25) is 0 Å². The Morgan fingerprint density at radius 3 is 2.68 bits per heavy atom. The Morgan fingerprint density at radius 1 is 1.25 bits per heavy atom. The van der Waals surface area contributed by atoms with E-state index < -0.39 is 29.0 Å². The number of alkyl halides is 3. The van der Waals surface area contributed by atoms with Gasteiger partial charge < -0.3 is 19.7 Å². The minimum atomic E-state index is -4.35. The van der Waals surface area contributed by atoms with Crippen LogP contribution in [-0.4, -0.2) is 28.5 Å². The van der Waals surface area contributed by atoms with Crippen molar-refractivity contribution in [2.45, 2.75) is 63.6 Å². The van der Waals surface area contributed by atoms with Crippen molar-refractivity contribution in [3.05, 3.63) is 56.3 Å². The van der Waals surface area contributed by atoms with E-state index in [2.05, 4.69) is 0 Å². The largest absolute Gasteiger partial charge is 0.425 e. The van der Waals surface area contributed by atoms with Crippen LogP contribution in [0.4, 0.5) is 13.2 Å². The van der Waals surface area contributed by atoms with E-state index in [1.54, 1.807) is 6.92 Å². The molecule has 4 rings (SSSR count). The van der Waals surface area contributed by atoms with Crippen molar-refractivity contribution in [2.24, 2.45) is 0 Å². The van der Waals surface area contributed by atoms with Gasteiger partial charge in [0.05, 0.1) is 18.8 Å². The van der Waals surface area contributed by atoms with E-state index in [0.717, 1.165) is 34.1 Å². The Labute approximate surface area is 164 Å². The molecule has 0 saturated carbocycles. The molecule has 8 heteroatoms. The van der Waals surface area contributed by atoms with E-state index in [9.17, 15) is 23.4 Å². The van der Waals surface area contributed by atoms with E-state index in [1.807, 2.05) is 19.1 Å². The van der Waals surface area contributed by atoms with E-state index in [1.165, 1.54) is 6.07 Å². The van der Waals surface area contributed by atoms with Gasteiger partial charge >= 0.3 is 6.18 Å². The molecule has 2 aliphatic heterocycles. The second kappa shape index (κ2) is 6.81. The standard InChI is InChI=1S/C20H21F3O4S/c1-10-5-13-9-26-19(18(25)16(24)6-11(2)27-19)15(13)8-12(10)7-14-3-4-17(28-14)20(21,22)23/h3-5,8,11,16,18,24-25H,6-7,9H2,1-2H3/t11?,16?,18-,19+/m1/s1. The van der Waals surface area contributed by atoms with Crippen LogP contribution in [0, 0.1) is 6.92 Å². The van der Waals surface area contributed by atoms with Gasteiger partial charge in [-0.15, -0.1) is 11.3 Å². The van der Waals surface area contributed by atoms with E-state index in [0.29, 0.717) is 23.3 Å². The Kier molecular flexibility index (Phi) is 4.83. The topological polar surface area (TPSA) is 58.9 Å². The molecule has 152 valence electrons. The van der Waals surface area contributed by atoms with E-state index in [4.69, 9.17) is 9.47 Å². The Morgan fingerprint density at radius 2 is 2.00 bits per heavy atom. The zero-order valence-corrected chi connectivity index (χ0v) is 16.2. The van der Waals surface area contributed by atoms with Crippen LogP contribution >= 0.6 is 11.3 Å². The molecular formula is C20H21F3O4S. The van der Waals surface area contributed by atoms with Crippen molar-refractivity contribution in [1.82, 2.24) is 0 Å². The summed E-state index contributed by atoms with van der Waals surface area (Å²) in [7, 11) is 0. The van der Waals surface area contributed by atoms with Gasteiger partial charge in [0.15, 0.2) is 0 Å². The predicted octanol–water partition coefficient (Wildman–Crippen LogP) is 3.88. The third-order valence-corrected chi connectivity index (χ3v) is 6.52. The first-order valence-corrected chi connectivity index (χ1v) is 9.88. The summed E-state index contributed by atoms with van der Waals surface area (Å²) in [6.45, 7) is 3.94. The number of ether oxygens (including phenoxy) is 2. The molecule has 2 aromatic rings. The number of hydrogen-bond acceptors (Lipinski definition) is 5. The first kappa shape index (κ1) is 19.8. The van der Waals surface area contributed by atoms with Crippen molar-refractivity contribution in [1.29, 1.82) is 0 Å². The fourth-order valence-corrected chi connectivity index (χ4v) is 4.90. The number of aryl methyl sites for hydroxylation is 1. The van der Waals surface area contributed by atoms with Crippen LogP contribution in [0.5, 0.6) is 0 Å². The highest BCUT2D eigenvalue weighted by molar-refractivity contribution is 7.12. The van der Waals surface area contributed by atoms with Crippen LogP contribution in [0.25, 0.3) is 0 Å². The van der Waals surface area contributed by atoms with Crippen molar-refractivity contribution >= 4 is 11.3 Å². The summed E-state index contributed by atoms with van der Waals surface area (Å²) < 4.78 is 50.4. The molecular weight excluding hydrogens is 393 g/mol. The number of aliphatic hydroxyl groups is 2.